The number of rotatable bonds is 6. The van der Waals surface area contributed by atoms with E-state index >= 15 is 0 Å². The van der Waals surface area contributed by atoms with Crippen LogP contribution < -0.4 is 11.3 Å². The summed E-state index contributed by atoms with van der Waals surface area (Å²) >= 11 is 0. The Morgan fingerprint density at radius 1 is 1.35 bits per heavy atom. The average molecular weight is 259 g/mol. The van der Waals surface area contributed by atoms with Gasteiger partial charge < -0.3 is 0 Å². The van der Waals surface area contributed by atoms with Gasteiger partial charge in [-0.3, -0.25) is 5.43 Å². The molecule has 8 heteroatoms. The Kier molecular flexibility index (Phi) is 4.79. The van der Waals surface area contributed by atoms with Crippen molar-refractivity contribution >= 4 is 16.0 Å². The molecule has 0 fully saturated rings. The fraction of sp³-hybridized carbons (Fsp3) is 0.556. The molecule has 1 aromatic heterocycles. The second-order valence-corrected chi connectivity index (χ2v) is 5.32. The lowest BCUT2D eigenvalue weighted by molar-refractivity contribution is 0.426. The van der Waals surface area contributed by atoms with Gasteiger partial charge >= 0.3 is 0 Å². The van der Waals surface area contributed by atoms with Crippen molar-refractivity contribution in [3.05, 3.63) is 12.4 Å². The van der Waals surface area contributed by atoms with Gasteiger partial charge in [-0.1, -0.05) is 13.8 Å². The van der Waals surface area contributed by atoms with Crippen molar-refractivity contribution in [2.75, 3.05) is 18.5 Å². The number of nitrogens with two attached hydrogens (primary N) is 1. The molecule has 1 rings (SSSR count). The first-order valence-corrected chi connectivity index (χ1v) is 6.79. The van der Waals surface area contributed by atoms with E-state index in [9.17, 15) is 8.42 Å². The van der Waals surface area contributed by atoms with Gasteiger partial charge in [-0.15, -0.1) is 0 Å². The zero-order chi connectivity index (χ0) is 12.9. The lowest BCUT2D eigenvalue weighted by atomic mass is 10.5. The SMILES string of the molecule is CCCN(CC)S(=O)(=O)c1cnc(NN)nc1. The summed E-state index contributed by atoms with van der Waals surface area (Å²) in [5.74, 6) is 5.29. The number of aromatic nitrogens is 2. The van der Waals surface area contributed by atoms with E-state index in [0.717, 1.165) is 6.42 Å². The maximum absolute atomic E-state index is 12.1. The Hall–Kier alpha value is -1.25. The topological polar surface area (TPSA) is 101 Å². The lowest BCUT2D eigenvalue weighted by Gasteiger charge is -2.19. The van der Waals surface area contributed by atoms with E-state index in [-0.39, 0.29) is 10.8 Å². The summed E-state index contributed by atoms with van der Waals surface area (Å²) in [6, 6.07) is 0. The molecule has 0 radical (unpaired) electrons. The molecular weight excluding hydrogens is 242 g/mol. The summed E-state index contributed by atoms with van der Waals surface area (Å²) < 4.78 is 25.7. The normalized spacial score (nSPS) is 11.8. The Balaban J connectivity index is 3.02. The van der Waals surface area contributed by atoms with Crippen LogP contribution in [0.4, 0.5) is 5.95 Å². The first kappa shape index (κ1) is 13.8. The van der Waals surface area contributed by atoms with E-state index in [4.69, 9.17) is 5.84 Å². The Labute approximate surface area is 101 Å². The van der Waals surface area contributed by atoms with Crippen molar-refractivity contribution < 1.29 is 8.42 Å². The number of anilines is 1. The molecule has 0 aliphatic heterocycles. The smallest absolute Gasteiger partial charge is 0.246 e. The van der Waals surface area contributed by atoms with E-state index in [1.807, 2.05) is 6.92 Å². The molecule has 96 valence electrons. The van der Waals surface area contributed by atoms with Gasteiger partial charge in [0.2, 0.25) is 16.0 Å². The highest BCUT2D eigenvalue weighted by atomic mass is 32.2. The number of hydrogen-bond donors (Lipinski definition) is 2. The molecule has 0 aliphatic rings. The van der Waals surface area contributed by atoms with Gasteiger partial charge in [-0.05, 0) is 6.42 Å². The number of nitrogen functional groups attached to an aromatic ring is 1. The van der Waals surface area contributed by atoms with Gasteiger partial charge in [-0.2, -0.15) is 4.31 Å². The van der Waals surface area contributed by atoms with Crippen LogP contribution in [0.25, 0.3) is 0 Å². The van der Waals surface area contributed by atoms with Crippen LogP contribution in [0.15, 0.2) is 17.3 Å². The third kappa shape index (κ3) is 3.11. The third-order valence-electron chi connectivity index (χ3n) is 2.22. The van der Waals surface area contributed by atoms with E-state index in [1.165, 1.54) is 16.7 Å². The summed E-state index contributed by atoms with van der Waals surface area (Å²) in [7, 11) is -3.50. The van der Waals surface area contributed by atoms with Crippen molar-refractivity contribution in [1.82, 2.24) is 14.3 Å². The number of nitrogens with one attached hydrogen (secondary N) is 1. The monoisotopic (exact) mass is 259 g/mol. The summed E-state index contributed by atoms with van der Waals surface area (Å²) in [6.07, 6.45) is 3.25. The second kappa shape index (κ2) is 5.89. The average Bonchev–Trinajstić information content (AvgIpc) is 2.35. The summed E-state index contributed by atoms with van der Waals surface area (Å²) in [6.45, 7) is 4.63. The van der Waals surface area contributed by atoms with Crippen molar-refractivity contribution in [3.63, 3.8) is 0 Å². The molecule has 0 aromatic carbocycles. The Morgan fingerprint density at radius 2 is 1.94 bits per heavy atom. The standard InChI is InChI=1S/C9H17N5O2S/c1-3-5-14(4-2)17(15,16)8-6-11-9(13-10)12-7-8/h6-7H,3-5,10H2,1-2H3,(H,11,12,13). The molecule has 0 atom stereocenters. The van der Waals surface area contributed by atoms with Crippen LogP contribution in [-0.4, -0.2) is 35.8 Å². The molecule has 0 amide bonds. The van der Waals surface area contributed by atoms with Crippen LogP contribution in [0.2, 0.25) is 0 Å². The van der Waals surface area contributed by atoms with Gasteiger partial charge in [0.1, 0.15) is 4.90 Å². The molecule has 0 aliphatic carbocycles. The van der Waals surface area contributed by atoms with Crippen molar-refractivity contribution in [2.45, 2.75) is 25.2 Å². The molecule has 17 heavy (non-hydrogen) atoms. The van der Waals surface area contributed by atoms with Crippen LogP contribution in [0, 0.1) is 0 Å². The fourth-order valence-corrected chi connectivity index (χ4v) is 2.80. The summed E-state index contributed by atoms with van der Waals surface area (Å²) in [4.78, 5) is 7.65. The maximum atomic E-state index is 12.1. The highest BCUT2D eigenvalue weighted by Gasteiger charge is 2.22. The zero-order valence-corrected chi connectivity index (χ0v) is 10.7. The van der Waals surface area contributed by atoms with Gasteiger partial charge in [0.15, 0.2) is 0 Å². The highest BCUT2D eigenvalue weighted by molar-refractivity contribution is 7.89. The van der Waals surface area contributed by atoms with Crippen LogP contribution in [0.3, 0.4) is 0 Å². The number of hydrazine groups is 1. The number of nitrogens with zero attached hydrogens (tertiary/aromatic N) is 3. The van der Waals surface area contributed by atoms with E-state index in [0.29, 0.717) is 13.1 Å². The molecule has 1 heterocycles. The van der Waals surface area contributed by atoms with Gasteiger partial charge in [0, 0.05) is 13.1 Å². The van der Waals surface area contributed by atoms with E-state index in [2.05, 4.69) is 15.4 Å². The van der Waals surface area contributed by atoms with Crippen LogP contribution in [-0.2, 0) is 10.0 Å². The first-order chi connectivity index (χ1) is 8.06. The zero-order valence-electron chi connectivity index (χ0n) is 9.92. The minimum atomic E-state index is -3.50. The minimum Gasteiger partial charge on any atom is -0.292 e. The van der Waals surface area contributed by atoms with E-state index < -0.39 is 10.0 Å². The lowest BCUT2D eigenvalue weighted by Crippen LogP contribution is -2.31. The quantitative estimate of drug-likeness (QED) is 0.558. The molecular formula is C9H17N5O2S. The van der Waals surface area contributed by atoms with Crippen molar-refractivity contribution in [1.29, 1.82) is 0 Å². The minimum absolute atomic E-state index is 0.0757. The maximum Gasteiger partial charge on any atom is 0.246 e. The third-order valence-corrected chi connectivity index (χ3v) is 4.15. The van der Waals surface area contributed by atoms with Crippen LogP contribution in [0.1, 0.15) is 20.3 Å². The molecule has 3 N–H and O–H groups in total. The summed E-state index contributed by atoms with van der Waals surface area (Å²) in [5, 5.41) is 0. The molecule has 0 bridgehead atoms. The molecule has 0 spiro atoms. The van der Waals surface area contributed by atoms with Crippen molar-refractivity contribution in [2.24, 2.45) is 5.84 Å². The molecule has 0 saturated heterocycles. The van der Waals surface area contributed by atoms with Crippen LogP contribution >= 0.6 is 0 Å². The van der Waals surface area contributed by atoms with E-state index in [1.54, 1.807) is 6.92 Å². The van der Waals surface area contributed by atoms with Gasteiger partial charge in [0.05, 0.1) is 12.4 Å². The second-order valence-electron chi connectivity index (χ2n) is 3.38. The number of sulfonamides is 1. The largest absolute Gasteiger partial charge is 0.292 e. The fourth-order valence-electron chi connectivity index (χ4n) is 1.37. The molecule has 0 saturated carbocycles. The number of hydrogen-bond acceptors (Lipinski definition) is 6. The molecule has 1 aromatic rings. The van der Waals surface area contributed by atoms with Crippen molar-refractivity contribution in [3.8, 4) is 0 Å². The Bertz CT molecular complexity index is 445. The first-order valence-electron chi connectivity index (χ1n) is 5.35. The van der Waals surface area contributed by atoms with Gasteiger partial charge in [-0.25, -0.2) is 24.2 Å². The molecule has 0 unspecified atom stereocenters. The predicted molar refractivity (Wildman–Crippen MR) is 64.6 cm³/mol. The highest BCUT2D eigenvalue weighted by Crippen LogP contribution is 2.14. The van der Waals surface area contributed by atoms with Crippen LogP contribution in [0.5, 0.6) is 0 Å². The molecule has 7 nitrogen and oxygen atoms in total. The van der Waals surface area contributed by atoms with Gasteiger partial charge in [0.25, 0.3) is 0 Å². The predicted octanol–water partition coefficient (Wildman–Crippen LogP) is 0.183. The Morgan fingerprint density at radius 3 is 2.35 bits per heavy atom. The summed E-state index contributed by atoms with van der Waals surface area (Å²) in [5.41, 5.74) is 2.24.